The number of aromatic amines is 1. The van der Waals surface area contributed by atoms with Gasteiger partial charge in [0.2, 0.25) is 10.6 Å². The summed E-state index contributed by atoms with van der Waals surface area (Å²) in [5.41, 5.74) is -0.0804. The van der Waals surface area contributed by atoms with E-state index in [0.29, 0.717) is 27.9 Å². The molecule has 4 heterocycles. The molecule has 0 radical (unpaired) electrons. The Morgan fingerprint density at radius 1 is 1.41 bits per heavy atom. The summed E-state index contributed by atoms with van der Waals surface area (Å²) in [6.45, 7) is 0.254. The fourth-order valence-corrected chi connectivity index (χ4v) is 2.50. The molecule has 0 aliphatic carbocycles. The molecule has 136 valence electrons. The van der Waals surface area contributed by atoms with Crippen LogP contribution in [-0.4, -0.2) is 35.8 Å². The smallest absolute Gasteiger partial charge is 0.307 e. The molecule has 0 fully saturated rings. The first-order valence-corrected chi connectivity index (χ1v) is 8.02. The molecule has 0 spiro atoms. The van der Waals surface area contributed by atoms with Crippen molar-refractivity contribution in [3.63, 3.8) is 0 Å². The van der Waals surface area contributed by atoms with E-state index in [1.165, 1.54) is 34.2 Å². The van der Waals surface area contributed by atoms with Crippen molar-refractivity contribution in [1.82, 2.24) is 24.7 Å². The lowest BCUT2D eigenvalue weighted by Gasteiger charge is -1.97. The van der Waals surface area contributed by atoms with Gasteiger partial charge in [-0.15, -0.1) is 5.10 Å². The zero-order valence-corrected chi connectivity index (χ0v) is 14.4. The first-order chi connectivity index (χ1) is 13.1. The molecule has 4 rings (SSSR count). The van der Waals surface area contributed by atoms with Crippen molar-refractivity contribution in [3.05, 3.63) is 69.3 Å². The van der Waals surface area contributed by atoms with E-state index in [-0.39, 0.29) is 12.2 Å². The number of rotatable bonds is 6. The second kappa shape index (κ2) is 6.84. The van der Waals surface area contributed by atoms with Crippen LogP contribution in [0.15, 0.2) is 56.9 Å². The number of hydrogen-bond acceptors (Lipinski definition) is 8. The predicted molar refractivity (Wildman–Crippen MR) is 94.8 cm³/mol. The lowest BCUT2D eigenvalue weighted by atomic mass is 10.4. The maximum absolute atomic E-state index is 10.7. The second-order valence-corrected chi connectivity index (χ2v) is 5.73. The average Bonchev–Trinajstić information content (AvgIpc) is 3.41. The highest BCUT2D eigenvalue weighted by atomic mass is 32.1. The van der Waals surface area contributed by atoms with Crippen LogP contribution >= 0.6 is 12.2 Å². The molecule has 0 amide bonds. The Labute approximate surface area is 155 Å². The molecule has 0 bridgehead atoms. The van der Waals surface area contributed by atoms with Crippen molar-refractivity contribution < 1.29 is 13.8 Å². The van der Waals surface area contributed by atoms with Gasteiger partial charge in [-0.3, -0.25) is 14.8 Å². The Bertz CT molecular complexity index is 1170. The van der Waals surface area contributed by atoms with E-state index in [0.717, 1.165) is 0 Å². The molecule has 0 aliphatic rings. The molecule has 11 nitrogen and oxygen atoms in total. The predicted octanol–water partition coefficient (Wildman–Crippen LogP) is 2.83. The van der Waals surface area contributed by atoms with Crippen molar-refractivity contribution in [3.8, 4) is 11.6 Å². The van der Waals surface area contributed by atoms with Crippen LogP contribution in [0.25, 0.3) is 11.6 Å². The summed E-state index contributed by atoms with van der Waals surface area (Å²) in [5.74, 6) is 1.98. The fourth-order valence-electron chi connectivity index (χ4n) is 2.32. The molecule has 4 aromatic heterocycles. The highest BCUT2D eigenvalue weighted by Gasteiger charge is 2.12. The van der Waals surface area contributed by atoms with Crippen molar-refractivity contribution in [2.45, 2.75) is 6.54 Å². The maximum atomic E-state index is 10.7. The minimum Gasteiger partial charge on any atom is -0.461 e. The Morgan fingerprint density at radius 2 is 2.30 bits per heavy atom. The van der Waals surface area contributed by atoms with Gasteiger partial charge >= 0.3 is 5.69 Å². The van der Waals surface area contributed by atoms with Crippen LogP contribution in [0.3, 0.4) is 0 Å². The van der Waals surface area contributed by atoms with E-state index in [9.17, 15) is 10.1 Å². The van der Waals surface area contributed by atoms with Gasteiger partial charge in [-0.1, -0.05) is 0 Å². The van der Waals surface area contributed by atoms with Crippen LogP contribution < -0.4 is 0 Å². The number of nitrogens with one attached hydrogen (secondary N) is 1. The third-order valence-electron chi connectivity index (χ3n) is 3.52. The molecule has 0 saturated carbocycles. The summed E-state index contributed by atoms with van der Waals surface area (Å²) in [4.78, 5) is 10.2. The molecular formula is C15H11N7O4S. The quantitative estimate of drug-likeness (QED) is 0.233. The van der Waals surface area contributed by atoms with Crippen molar-refractivity contribution in [2.75, 3.05) is 0 Å². The van der Waals surface area contributed by atoms with E-state index in [1.54, 1.807) is 24.3 Å². The SMILES string of the molecule is O=[N+]([O-])c1cnn(Cc2ccc(C=Nn3c(-c4ccco4)n[nH]c3=S)o2)c1. The Hall–Kier alpha value is -3.80. The van der Waals surface area contributed by atoms with Gasteiger partial charge in [0.25, 0.3) is 0 Å². The van der Waals surface area contributed by atoms with Gasteiger partial charge in [0.05, 0.1) is 23.9 Å². The topological polar surface area (TPSA) is 133 Å². The number of furan rings is 2. The van der Waals surface area contributed by atoms with Gasteiger partial charge < -0.3 is 8.83 Å². The standard InChI is InChI=1S/C15H11N7O4S/c23-22(24)10-6-16-20(8-10)9-12-4-3-11(26-12)7-17-21-14(18-19-15(21)27)13-2-1-5-25-13/h1-8H,9H2,(H,19,27). The van der Waals surface area contributed by atoms with E-state index >= 15 is 0 Å². The first-order valence-electron chi connectivity index (χ1n) is 7.61. The average molecular weight is 385 g/mol. The van der Waals surface area contributed by atoms with E-state index in [2.05, 4.69) is 20.4 Å². The zero-order chi connectivity index (χ0) is 18.8. The largest absolute Gasteiger partial charge is 0.461 e. The normalized spacial score (nSPS) is 11.4. The Morgan fingerprint density at radius 3 is 3.04 bits per heavy atom. The van der Waals surface area contributed by atoms with Gasteiger partial charge in [-0.05, 0) is 36.5 Å². The molecule has 27 heavy (non-hydrogen) atoms. The maximum Gasteiger partial charge on any atom is 0.307 e. The van der Waals surface area contributed by atoms with Crippen LogP contribution in [0.5, 0.6) is 0 Å². The van der Waals surface area contributed by atoms with Gasteiger partial charge in [0, 0.05) is 0 Å². The van der Waals surface area contributed by atoms with E-state index in [4.69, 9.17) is 21.1 Å². The molecule has 0 aliphatic heterocycles. The third kappa shape index (κ3) is 3.46. The molecule has 0 unspecified atom stereocenters. The van der Waals surface area contributed by atoms with Gasteiger partial charge in [0.1, 0.15) is 23.9 Å². The highest BCUT2D eigenvalue weighted by molar-refractivity contribution is 7.71. The molecule has 0 atom stereocenters. The van der Waals surface area contributed by atoms with Gasteiger partial charge in [-0.2, -0.15) is 14.9 Å². The van der Waals surface area contributed by atoms with Crippen molar-refractivity contribution >= 4 is 24.1 Å². The number of nitro groups is 1. The summed E-state index contributed by atoms with van der Waals surface area (Å²) >= 11 is 5.17. The molecule has 0 aromatic carbocycles. The monoisotopic (exact) mass is 385 g/mol. The number of aromatic nitrogens is 5. The summed E-state index contributed by atoms with van der Waals surface area (Å²) in [7, 11) is 0. The Kier molecular flexibility index (Phi) is 4.22. The van der Waals surface area contributed by atoms with Crippen LogP contribution in [0.2, 0.25) is 0 Å². The number of hydrogen-bond donors (Lipinski definition) is 1. The molecular weight excluding hydrogens is 374 g/mol. The lowest BCUT2D eigenvalue weighted by molar-refractivity contribution is -0.385. The molecule has 0 saturated heterocycles. The van der Waals surface area contributed by atoms with Crippen molar-refractivity contribution in [1.29, 1.82) is 0 Å². The fraction of sp³-hybridized carbons (Fsp3) is 0.0667. The lowest BCUT2D eigenvalue weighted by Crippen LogP contribution is -1.98. The molecule has 4 aromatic rings. The second-order valence-electron chi connectivity index (χ2n) is 5.34. The number of nitrogens with zero attached hydrogens (tertiary/aromatic N) is 6. The molecule has 12 heteroatoms. The van der Waals surface area contributed by atoms with Gasteiger partial charge in [-0.25, -0.2) is 5.10 Å². The molecule has 1 N–H and O–H groups in total. The third-order valence-corrected chi connectivity index (χ3v) is 3.79. The minimum absolute atomic E-state index is 0.0804. The van der Waals surface area contributed by atoms with E-state index in [1.807, 2.05) is 0 Å². The summed E-state index contributed by atoms with van der Waals surface area (Å²) in [6.07, 6.45) is 5.52. The minimum atomic E-state index is -0.505. The summed E-state index contributed by atoms with van der Waals surface area (Å²) < 4.78 is 14.1. The van der Waals surface area contributed by atoms with Crippen LogP contribution in [0, 0.1) is 14.9 Å². The highest BCUT2D eigenvalue weighted by Crippen LogP contribution is 2.17. The van der Waals surface area contributed by atoms with Crippen LogP contribution in [-0.2, 0) is 6.54 Å². The van der Waals surface area contributed by atoms with Crippen LogP contribution in [0.1, 0.15) is 11.5 Å². The summed E-state index contributed by atoms with van der Waals surface area (Å²) in [5, 5.41) is 25.6. The van der Waals surface area contributed by atoms with E-state index < -0.39 is 4.92 Å². The van der Waals surface area contributed by atoms with Gasteiger partial charge in [0.15, 0.2) is 5.76 Å². The summed E-state index contributed by atoms with van der Waals surface area (Å²) in [6, 6.07) is 6.93. The Balaban J connectivity index is 1.52. The zero-order valence-electron chi connectivity index (χ0n) is 13.6. The number of H-pyrrole nitrogens is 1. The van der Waals surface area contributed by atoms with Crippen molar-refractivity contribution in [2.24, 2.45) is 5.10 Å². The first kappa shape index (κ1) is 16.7. The van der Waals surface area contributed by atoms with Crippen LogP contribution in [0.4, 0.5) is 5.69 Å².